The van der Waals surface area contributed by atoms with Gasteiger partial charge in [-0.1, -0.05) is 22.9 Å². The SMILES string of the molecule is COc1nc2cc(Cl)c(NC(=O)CC(C)=O)cc2s1. The summed E-state index contributed by atoms with van der Waals surface area (Å²) >= 11 is 7.41. The number of anilines is 1. The number of methoxy groups -OCH3 is 1. The molecule has 1 N–H and O–H groups in total. The molecule has 1 amide bonds. The highest BCUT2D eigenvalue weighted by atomic mass is 35.5. The molecule has 0 saturated heterocycles. The molecule has 0 atom stereocenters. The number of nitrogens with one attached hydrogen (secondary N) is 1. The maximum absolute atomic E-state index is 11.5. The fourth-order valence-electron chi connectivity index (χ4n) is 1.53. The van der Waals surface area contributed by atoms with Crippen LogP contribution in [0.1, 0.15) is 13.3 Å². The van der Waals surface area contributed by atoms with Crippen molar-refractivity contribution in [1.82, 2.24) is 4.98 Å². The zero-order valence-corrected chi connectivity index (χ0v) is 11.9. The van der Waals surface area contributed by atoms with Crippen molar-refractivity contribution in [3.63, 3.8) is 0 Å². The fourth-order valence-corrected chi connectivity index (χ4v) is 2.54. The molecule has 100 valence electrons. The third kappa shape index (κ3) is 3.21. The summed E-state index contributed by atoms with van der Waals surface area (Å²) < 4.78 is 5.89. The van der Waals surface area contributed by atoms with Gasteiger partial charge < -0.3 is 10.1 Å². The number of hydrogen-bond acceptors (Lipinski definition) is 5. The highest BCUT2D eigenvalue weighted by Crippen LogP contribution is 2.34. The van der Waals surface area contributed by atoms with Crippen LogP contribution in [0.2, 0.25) is 5.02 Å². The Kier molecular flexibility index (Phi) is 4.01. The lowest BCUT2D eigenvalue weighted by Crippen LogP contribution is -2.14. The van der Waals surface area contributed by atoms with Crippen LogP contribution in [0, 0.1) is 0 Å². The number of carbonyl (C=O) groups excluding carboxylic acids is 2. The Hall–Kier alpha value is -1.66. The summed E-state index contributed by atoms with van der Waals surface area (Å²) in [4.78, 5) is 26.6. The van der Waals surface area contributed by atoms with Crippen molar-refractivity contribution in [3.8, 4) is 5.19 Å². The first kappa shape index (κ1) is 13.8. The van der Waals surface area contributed by atoms with Gasteiger partial charge in [0.2, 0.25) is 5.91 Å². The fraction of sp³-hybridized carbons (Fsp3) is 0.250. The molecule has 0 fully saturated rings. The second-order valence-electron chi connectivity index (χ2n) is 3.91. The van der Waals surface area contributed by atoms with Gasteiger partial charge in [-0.2, -0.15) is 0 Å². The molecule has 0 aliphatic heterocycles. The van der Waals surface area contributed by atoms with E-state index >= 15 is 0 Å². The molecule has 1 aromatic carbocycles. The van der Waals surface area contributed by atoms with Gasteiger partial charge in [-0.05, 0) is 19.1 Å². The molecular weight excluding hydrogens is 288 g/mol. The number of ether oxygens (including phenoxy) is 1. The van der Waals surface area contributed by atoms with Crippen molar-refractivity contribution < 1.29 is 14.3 Å². The van der Waals surface area contributed by atoms with Crippen molar-refractivity contribution in [2.45, 2.75) is 13.3 Å². The largest absolute Gasteiger partial charge is 0.473 e. The van der Waals surface area contributed by atoms with Gasteiger partial charge in [0.05, 0.1) is 34.5 Å². The third-order valence-corrected chi connectivity index (χ3v) is 3.61. The zero-order chi connectivity index (χ0) is 14.0. The van der Waals surface area contributed by atoms with Crippen LogP contribution in [0.3, 0.4) is 0 Å². The first-order valence-corrected chi connectivity index (χ1v) is 6.62. The molecule has 0 aliphatic carbocycles. The number of nitrogens with zero attached hydrogens (tertiary/aromatic N) is 1. The molecule has 0 bridgehead atoms. The summed E-state index contributed by atoms with van der Waals surface area (Å²) in [5.74, 6) is -0.584. The standard InChI is InChI=1S/C12H11ClN2O3S/c1-6(16)3-11(17)14-8-5-10-9(4-7(8)13)15-12(18-2)19-10/h4-5H,3H2,1-2H3,(H,14,17). The van der Waals surface area contributed by atoms with Crippen LogP contribution in [0.5, 0.6) is 5.19 Å². The Morgan fingerprint density at radius 3 is 2.84 bits per heavy atom. The smallest absolute Gasteiger partial charge is 0.274 e. The van der Waals surface area contributed by atoms with E-state index in [1.54, 1.807) is 12.1 Å². The number of halogens is 1. The highest BCUT2D eigenvalue weighted by Gasteiger charge is 2.12. The number of benzene rings is 1. The van der Waals surface area contributed by atoms with Gasteiger partial charge in [0.1, 0.15) is 5.78 Å². The Labute approximate surface area is 118 Å². The van der Waals surface area contributed by atoms with Crippen LogP contribution in [0.15, 0.2) is 12.1 Å². The summed E-state index contributed by atoms with van der Waals surface area (Å²) in [5, 5.41) is 3.51. The molecule has 2 aromatic rings. The highest BCUT2D eigenvalue weighted by molar-refractivity contribution is 7.20. The van der Waals surface area contributed by atoms with Crippen molar-refractivity contribution >= 4 is 50.5 Å². The monoisotopic (exact) mass is 298 g/mol. The van der Waals surface area contributed by atoms with Gasteiger partial charge in [-0.15, -0.1) is 0 Å². The van der Waals surface area contributed by atoms with Crippen molar-refractivity contribution in [1.29, 1.82) is 0 Å². The Morgan fingerprint density at radius 2 is 2.21 bits per heavy atom. The minimum Gasteiger partial charge on any atom is -0.473 e. The Balaban J connectivity index is 2.30. The molecule has 2 rings (SSSR count). The normalized spacial score (nSPS) is 10.5. The molecule has 0 aliphatic rings. The second kappa shape index (κ2) is 5.54. The average molecular weight is 299 g/mol. The minimum absolute atomic E-state index is 0.166. The number of thiazole rings is 1. The van der Waals surface area contributed by atoms with Crippen LogP contribution in [0.4, 0.5) is 5.69 Å². The quantitative estimate of drug-likeness (QED) is 0.881. The van der Waals surface area contributed by atoms with E-state index in [0.29, 0.717) is 21.4 Å². The van der Waals surface area contributed by atoms with E-state index in [0.717, 1.165) is 4.70 Å². The molecule has 0 unspecified atom stereocenters. The van der Waals surface area contributed by atoms with Gasteiger partial charge in [-0.25, -0.2) is 4.98 Å². The molecular formula is C12H11ClN2O3S. The predicted octanol–water partition coefficient (Wildman–Crippen LogP) is 2.88. The molecule has 1 heterocycles. The van der Waals surface area contributed by atoms with Crippen LogP contribution < -0.4 is 10.1 Å². The number of rotatable bonds is 4. The lowest BCUT2D eigenvalue weighted by Gasteiger charge is -2.05. The number of carbonyl (C=O) groups is 2. The van der Waals surface area contributed by atoms with Crippen molar-refractivity contribution in [2.75, 3.05) is 12.4 Å². The molecule has 19 heavy (non-hydrogen) atoms. The van der Waals surface area contributed by atoms with E-state index < -0.39 is 0 Å². The summed E-state index contributed by atoms with van der Waals surface area (Å²) in [7, 11) is 1.54. The molecule has 0 spiro atoms. The van der Waals surface area contributed by atoms with E-state index in [-0.39, 0.29) is 18.1 Å². The van der Waals surface area contributed by atoms with Crippen LogP contribution in [0.25, 0.3) is 10.2 Å². The van der Waals surface area contributed by atoms with E-state index in [1.165, 1.54) is 25.4 Å². The van der Waals surface area contributed by atoms with Crippen LogP contribution >= 0.6 is 22.9 Å². The lowest BCUT2D eigenvalue weighted by molar-refractivity contribution is -0.124. The zero-order valence-electron chi connectivity index (χ0n) is 10.3. The summed E-state index contributed by atoms with van der Waals surface area (Å²) in [5.41, 5.74) is 1.17. The molecule has 5 nitrogen and oxygen atoms in total. The summed E-state index contributed by atoms with van der Waals surface area (Å²) in [6.45, 7) is 1.36. The van der Waals surface area contributed by atoms with Gasteiger partial charge in [0, 0.05) is 0 Å². The summed E-state index contributed by atoms with van der Waals surface area (Å²) in [6, 6.07) is 3.37. The lowest BCUT2D eigenvalue weighted by atomic mass is 10.2. The number of ketones is 1. The minimum atomic E-state index is -0.384. The number of hydrogen-bond donors (Lipinski definition) is 1. The van der Waals surface area contributed by atoms with E-state index in [9.17, 15) is 9.59 Å². The topological polar surface area (TPSA) is 68.3 Å². The maximum atomic E-state index is 11.5. The Bertz CT molecular complexity index is 654. The van der Waals surface area contributed by atoms with Crippen LogP contribution in [-0.4, -0.2) is 23.8 Å². The average Bonchev–Trinajstić information content (AvgIpc) is 2.70. The number of fused-ring (bicyclic) bond motifs is 1. The van der Waals surface area contributed by atoms with Gasteiger partial charge in [0.25, 0.3) is 5.19 Å². The van der Waals surface area contributed by atoms with E-state index in [4.69, 9.17) is 16.3 Å². The van der Waals surface area contributed by atoms with E-state index in [2.05, 4.69) is 10.3 Å². The molecule has 0 saturated carbocycles. The van der Waals surface area contributed by atoms with Gasteiger partial charge in [0.15, 0.2) is 0 Å². The van der Waals surface area contributed by atoms with Crippen molar-refractivity contribution in [3.05, 3.63) is 17.2 Å². The van der Waals surface area contributed by atoms with Gasteiger partial charge in [-0.3, -0.25) is 9.59 Å². The van der Waals surface area contributed by atoms with Gasteiger partial charge >= 0.3 is 0 Å². The van der Waals surface area contributed by atoms with E-state index in [1.807, 2.05) is 0 Å². The number of aromatic nitrogens is 1. The molecule has 1 aromatic heterocycles. The summed E-state index contributed by atoms with van der Waals surface area (Å²) in [6.07, 6.45) is -0.166. The number of Topliss-reactive ketones (excluding diaryl/α,β-unsaturated/α-hetero) is 1. The third-order valence-electron chi connectivity index (χ3n) is 2.32. The molecule has 7 heteroatoms. The maximum Gasteiger partial charge on any atom is 0.274 e. The van der Waals surface area contributed by atoms with Crippen molar-refractivity contribution in [2.24, 2.45) is 0 Å². The molecule has 0 radical (unpaired) electrons. The van der Waals surface area contributed by atoms with Crippen LogP contribution in [-0.2, 0) is 9.59 Å². The Morgan fingerprint density at radius 1 is 1.47 bits per heavy atom. The second-order valence-corrected chi connectivity index (χ2v) is 5.31. The first-order valence-electron chi connectivity index (χ1n) is 5.43. The predicted molar refractivity (Wildman–Crippen MR) is 75.1 cm³/mol. The first-order chi connectivity index (χ1) is 8.99. The number of amides is 1.